The molecule has 3 rings (SSSR count). The van der Waals surface area contributed by atoms with Gasteiger partial charge in [-0.3, -0.25) is 10.1 Å². The van der Waals surface area contributed by atoms with Crippen LogP contribution in [0.15, 0.2) is 41.9 Å². The van der Waals surface area contributed by atoms with Gasteiger partial charge in [0, 0.05) is 17.1 Å². The zero-order valence-electron chi connectivity index (χ0n) is 12.5. The van der Waals surface area contributed by atoms with Crippen molar-refractivity contribution >= 4 is 28.3 Å². The minimum atomic E-state index is -0.597. The molecule has 2 aromatic heterocycles. The number of rotatable bonds is 4. The molecule has 0 bridgehead atoms. The number of aromatic amines is 1. The maximum atomic E-state index is 13.6. The summed E-state index contributed by atoms with van der Waals surface area (Å²) in [5.74, 6) is -1.65. The number of thiazole rings is 1. The van der Waals surface area contributed by atoms with Gasteiger partial charge in [-0.05, 0) is 18.2 Å². The molecule has 0 radical (unpaired) electrons. The normalized spacial score (nSPS) is 10.4. The van der Waals surface area contributed by atoms with Gasteiger partial charge in [-0.1, -0.05) is 12.1 Å². The van der Waals surface area contributed by atoms with Crippen LogP contribution in [-0.2, 0) is 4.74 Å². The lowest BCUT2D eigenvalue weighted by Crippen LogP contribution is -2.13. The molecule has 0 fully saturated rings. The van der Waals surface area contributed by atoms with E-state index in [9.17, 15) is 14.0 Å². The first-order valence-corrected chi connectivity index (χ1v) is 7.75. The van der Waals surface area contributed by atoms with Crippen molar-refractivity contribution in [2.45, 2.75) is 0 Å². The van der Waals surface area contributed by atoms with Gasteiger partial charge in [0.2, 0.25) is 0 Å². The summed E-state index contributed by atoms with van der Waals surface area (Å²) < 4.78 is 18.2. The number of amides is 1. The van der Waals surface area contributed by atoms with E-state index in [0.717, 1.165) is 0 Å². The SMILES string of the molecule is COC(=O)c1cc(-c2csc(NC(=O)c3ccccc3F)n2)c[nH]1. The van der Waals surface area contributed by atoms with Gasteiger partial charge >= 0.3 is 5.97 Å². The highest BCUT2D eigenvalue weighted by molar-refractivity contribution is 7.14. The van der Waals surface area contributed by atoms with Crippen LogP contribution in [-0.4, -0.2) is 29.0 Å². The quantitative estimate of drug-likeness (QED) is 0.711. The van der Waals surface area contributed by atoms with Crippen molar-refractivity contribution < 1.29 is 18.7 Å². The predicted molar refractivity (Wildman–Crippen MR) is 87.6 cm³/mol. The summed E-state index contributed by atoms with van der Waals surface area (Å²) in [4.78, 5) is 30.6. The fourth-order valence-electron chi connectivity index (χ4n) is 2.04. The van der Waals surface area contributed by atoms with E-state index in [1.165, 1.54) is 36.6 Å². The lowest BCUT2D eigenvalue weighted by atomic mass is 10.2. The Kier molecular flexibility index (Phi) is 4.39. The lowest BCUT2D eigenvalue weighted by molar-refractivity contribution is 0.0594. The fraction of sp³-hybridized carbons (Fsp3) is 0.0625. The third-order valence-corrected chi connectivity index (χ3v) is 3.98. The number of halogens is 1. The number of esters is 1. The lowest BCUT2D eigenvalue weighted by Gasteiger charge is -2.02. The van der Waals surface area contributed by atoms with Crippen molar-refractivity contribution in [1.29, 1.82) is 0 Å². The first-order valence-electron chi connectivity index (χ1n) is 6.87. The molecule has 122 valence electrons. The molecule has 0 aliphatic rings. The molecule has 24 heavy (non-hydrogen) atoms. The van der Waals surface area contributed by atoms with E-state index in [1.807, 2.05) is 0 Å². The Labute approximate surface area is 140 Å². The van der Waals surface area contributed by atoms with Crippen LogP contribution in [0, 0.1) is 5.82 Å². The fourth-order valence-corrected chi connectivity index (χ4v) is 2.76. The number of carbonyl (C=O) groups excluding carboxylic acids is 2. The highest BCUT2D eigenvalue weighted by Gasteiger charge is 2.15. The molecule has 0 unspecified atom stereocenters. The minimum Gasteiger partial charge on any atom is -0.464 e. The number of hydrogen-bond donors (Lipinski definition) is 2. The summed E-state index contributed by atoms with van der Waals surface area (Å²) in [6.07, 6.45) is 1.61. The van der Waals surface area contributed by atoms with E-state index in [-0.39, 0.29) is 5.56 Å². The first-order chi connectivity index (χ1) is 11.6. The molecule has 3 aromatic rings. The predicted octanol–water partition coefficient (Wildman–Crippen LogP) is 3.32. The number of benzene rings is 1. The number of carbonyl (C=O) groups is 2. The van der Waals surface area contributed by atoms with Gasteiger partial charge < -0.3 is 9.72 Å². The van der Waals surface area contributed by atoms with Gasteiger partial charge in [-0.2, -0.15) is 0 Å². The second-order valence-electron chi connectivity index (χ2n) is 4.77. The number of nitrogens with one attached hydrogen (secondary N) is 2. The summed E-state index contributed by atoms with van der Waals surface area (Å²) in [6, 6.07) is 7.31. The largest absolute Gasteiger partial charge is 0.464 e. The van der Waals surface area contributed by atoms with Gasteiger partial charge in [0.1, 0.15) is 11.5 Å². The van der Waals surface area contributed by atoms with Crippen LogP contribution in [0.1, 0.15) is 20.8 Å². The molecule has 6 nitrogen and oxygen atoms in total. The van der Waals surface area contributed by atoms with Crippen molar-refractivity contribution in [3.05, 3.63) is 59.0 Å². The van der Waals surface area contributed by atoms with Crippen LogP contribution in [0.4, 0.5) is 9.52 Å². The average molecular weight is 345 g/mol. The second-order valence-corrected chi connectivity index (χ2v) is 5.62. The number of anilines is 1. The monoisotopic (exact) mass is 345 g/mol. The zero-order chi connectivity index (χ0) is 17.1. The Bertz CT molecular complexity index is 903. The Balaban J connectivity index is 1.76. The van der Waals surface area contributed by atoms with Crippen molar-refractivity contribution in [2.75, 3.05) is 12.4 Å². The molecule has 2 N–H and O–H groups in total. The van der Waals surface area contributed by atoms with Gasteiger partial charge in [0.05, 0.1) is 18.4 Å². The topological polar surface area (TPSA) is 84.1 Å². The van der Waals surface area contributed by atoms with E-state index in [1.54, 1.807) is 23.7 Å². The second kappa shape index (κ2) is 6.63. The third-order valence-electron chi connectivity index (χ3n) is 3.23. The maximum Gasteiger partial charge on any atom is 0.354 e. The third kappa shape index (κ3) is 3.18. The minimum absolute atomic E-state index is 0.0520. The average Bonchev–Trinajstić information content (AvgIpc) is 3.23. The van der Waals surface area contributed by atoms with Gasteiger partial charge in [-0.25, -0.2) is 14.2 Å². The van der Waals surface area contributed by atoms with Gasteiger partial charge in [0.15, 0.2) is 5.13 Å². The van der Waals surface area contributed by atoms with Crippen LogP contribution in [0.5, 0.6) is 0 Å². The summed E-state index contributed by atoms with van der Waals surface area (Å²) in [6.45, 7) is 0. The molecule has 8 heteroatoms. The summed E-state index contributed by atoms with van der Waals surface area (Å²) in [7, 11) is 1.29. The molecule has 0 aliphatic heterocycles. The maximum absolute atomic E-state index is 13.6. The van der Waals surface area contributed by atoms with Crippen LogP contribution >= 0.6 is 11.3 Å². The van der Waals surface area contributed by atoms with Crippen LogP contribution in [0.2, 0.25) is 0 Å². The Morgan fingerprint density at radius 2 is 2.12 bits per heavy atom. The molecule has 0 spiro atoms. The highest BCUT2D eigenvalue weighted by atomic mass is 32.1. The Morgan fingerprint density at radius 3 is 2.88 bits per heavy atom. The first kappa shape index (κ1) is 15.9. The number of hydrogen-bond acceptors (Lipinski definition) is 5. The molecular weight excluding hydrogens is 333 g/mol. The zero-order valence-corrected chi connectivity index (χ0v) is 13.3. The van der Waals surface area contributed by atoms with Gasteiger partial charge in [0.25, 0.3) is 5.91 Å². The Morgan fingerprint density at radius 1 is 1.33 bits per heavy atom. The summed E-state index contributed by atoms with van der Waals surface area (Å²) in [5, 5.41) is 4.61. The van der Waals surface area contributed by atoms with Crippen molar-refractivity contribution in [1.82, 2.24) is 9.97 Å². The molecule has 0 saturated carbocycles. The van der Waals surface area contributed by atoms with E-state index >= 15 is 0 Å². The Hall–Kier alpha value is -3.00. The van der Waals surface area contributed by atoms with Crippen molar-refractivity contribution in [3.63, 3.8) is 0 Å². The molecule has 0 aliphatic carbocycles. The number of aromatic nitrogens is 2. The summed E-state index contributed by atoms with van der Waals surface area (Å²) in [5.41, 5.74) is 1.51. The summed E-state index contributed by atoms with van der Waals surface area (Å²) >= 11 is 1.20. The van der Waals surface area contributed by atoms with E-state index in [4.69, 9.17) is 0 Å². The highest BCUT2D eigenvalue weighted by Crippen LogP contribution is 2.26. The molecule has 1 aromatic carbocycles. The molecule has 0 atom stereocenters. The number of ether oxygens (including phenoxy) is 1. The van der Waals surface area contributed by atoms with E-state index in [2.05, 4.69) is 20.0 Å². The van der Waals surface area contributed by atoms with Crippen molar-refractivity contribution in [3.8, 4) is 11.3 Å². The van der Waals surface area contributed by atoms with Crippen LogP contribution < -0.4 is 5.32 Å². The number of nitrogens with zero attached hydrogens (tertiary/aromatic N) is 1. The molecule has 2 heterocycles. The van der Waals surface area contributed by atoms with E-state index in [0.29, 0.717) is 22.1 Å². The smallest absolute Gasteiger partial charge is 0.354 e. The standard InChI is InChI=1S/C16H12FN3O3S/c1-23-15(22)12-6-9(7-18-12)13-8-24-16(19-13)20-14(21)10-4-2-3-5-11(10)17/h2-8,18H,1H3,(H,19,20,21). The van der Waals surface area contributed by atoms with Gasteiger partial charge in [-0.15, -0.1) is 11.3 Å². The van der Waals surface area contributed by atoms with Crippen molar-refractivity contribution in [2.24, 2.45) is 0 Å². The van der Waals surface area contributed by atoms with E-state index < -0.39 is 17.7 Å². The van der Waals surface area contributed by atoms with Crippen LogP contribution in [0.3, 0.4) is 0 Å². The molecular formula is C16H12FN3O3S. The van der Waals surface area contributed by atoms with Crippen LogP contribution in [0.25, 0.3) is 11.3 Å². The number of methoxy groups -OCH3 is 1. The molecule has 1 amide bonds. The number of H-pyrrole nitrogens is 1. The molecule has 0 saturated heterocycles.